The molecule has 1 aliphatic heterocycles. The molecule has 1 saturated heterocycles. The van der Waals surface area contributed by atoms with Gasteiger partial charge in [-0.15, -0.1) is 0 Å². The van der Waals surface area contributed by atoms with Crippen LogP contribution in [0.2, 0.25) is 0 Å². The van der Waals surface area contributed by atoms with Gasteiger partial charge in [-0.2, -0.15) is 5.10 Å². The van der Waals surface area contributed by atoms with Crippen molar-refractivity contribution in [2.24, 2.45) is 0 Å². The van der Waals surface area contributed by atoms with E-state index < -0.39 is 0 Å². The molecule has 2 heterocycles. The molecule has 0 atom stereocenters. The molecule has 0 spiro atoms. The summed E-state index contributed by atoms with van der Waals surface area (Å²) in [6.45, 7) is 1.94. The number of benzene rings is 2. The third kappa shape index (κ3) is 4.63. The number of anilines is 1. The second-order valence-electron chi connectivity index (χ2n) is 7.39. The lowest BCUT2D eigenvalue weighted by atomic mass is 10.1. The fourth-order valence-electron chi connectivity index (χ4n) is 3.49. The minimum Gasteiger partial charge on any atom is -0.490 e. The number of nitrogens with zero attached hydrogens (tertiary/aromatic N) is 3. The third-order valence-electron chi connectivity index (χ3n) is 5.16. The van der Waals surface area contributed by atoms with Crippen LogP contribution in [-0.2, 0) is 11.3 Å². The Morgan fingerprint density at radius 3 is 2.62 bits per heavy atom. The van der Waals surface area contributed by atoms with Crippen molar-refractivity contribution in [3.8, 4) is 5.75 Å². The fraction of sp³-hybridized carbons (Fsp3) is 0.318. The number of nitrogens with one attached hydrogen (secondary N) is 1. The molecule has 0 radical (unpaired) electrons. The topological polar surface area (TPSA) is 76.5 Å². The molecule has 0 aliphatic carbocycles. The van der Waals surface area contributed by atoms with E-state index in [0.29, 0.717) is 11.1 Å². The maximum atomic E-state index is 12.5. The van der Waals surface area contributed by atoms with Crippen LogP contribution >= 0.6 is 0 Å². The Morgan fingerprint density at radius 1 is 1.14 bits per heavy atom. The molecule has 0 saturated carbocycles. The van der Waals surface area contributed by atoms with Crippen LogP contribution in [0.4, 0.5) is 5.69 Å². The van der Waals surface area contributed by atoms with Gasteiger partial charge in [0.1, 0.15) is 18.4 Å². The maximum absolute atomic E-state index is 12.5. The van der Waals surface area contributed by atoms with Crippen LogP contribution in [0.15, 0.2) is 59.5 Å². The van der Waals surface area contributed by atoms with Crippen molar-refractivity contribution in [1.82, 2.24) is 14.7 Å². The first-order valence-corrected chi connectivity index (χ1v) is 9.78. The Hall–Kier alpha value is -3.19. The number of hydrogen-bond acceptors (Lipinski definition) is 5. The predicted octanol–water partition coefficient (Wildman–Crippen LogP) is 2.51. The standard InChI is InChI=1S/C22H24N4O3/c1-25-12-10-19(11-13-25)29-18-8-6-17(7-9-18)24-21(27)15-26-22(28)20-5-3-2-4-16(20)14-23-26/h2-9,14,19H,10-13,15H2,1H3,(H,24,27). The molecular formula is C22H24N4O3. The molecule has 2 aromatic carbocycles. The Labute approximate surface area is 168 Å². The highest BCUT2D eigenvalue weighted by Crippen LogP contribution is 2.20. The van der Waals surface area contributed by atoms with Gasteiger partial charge in [0.05, 0.1) is 11.6 Å². The molecule has 1 aromatic heterocycles. The van der Waals surface area contributed by atoms with Gasteiger partial charge >= 0.3 is 0 Å². The molecule has 1 N–H and O–H groups in total. The summed E-state index contributed by atoms with van der Waals surface area (Å²) in [6.07, 6.45) is 3.86. The molecular weight excluding hydrogens is 368 g/mol. The summed E-state index contributed by atoms with van der Waals surface area (Å²) in [5, 5.41) is 8.20. The number of likely N-dealkylation sites (tertiary alicyclic amines) is 1. The summed E-state index contributed by atoms with van der Waals surface area (Å²) in [4.78, 5) is 27.1. The Morgan fingerprint density at radius 2 is 1.86 bits per heavy atom. The summed E-state index contributed by atoms with van der Waals surface area (Å²) in [5.41, 5.74) is 0.375. The van der Waals surface area contributed by atoms with Crippen LogP contribution in [0.3, 0.4) is 0 Å². The normalized spacial score (nSPS) is 15.3. The Kier molecular flexibility index (Phi) is 5.57. The van der Waals surface area contributed by atoms with Gasteiger partial charge < -0.3 is 15.0 Å². The average molecular weight is 392 g/mol. The lowest BCUT2D eigenvalue weighted by Crippen LogP contribution is -2.35. The van der Waals surface area contributed by atoms with E-state index in [0.717, 1.165) is 37.1 Å². The maximum Gasteiger partial charge on any atom is 0.275 e. The van der Waals surface area contributed by atoms with Gasteiger partial charge in [0, 0.05) is 24.2 Å². The first-order chi connectivity index (χ1) is 14.1. The highest BCUT2D eigenvalue weighted by Gasteiger charge is 2.18. The summed E-state index contributed by atoms with van der Waals surface area (Å²) < 4.78 is 7.20. The number of amides is 1. The molecule has 29 heavy (non-hydrogen) atoms. The highest BCUT2D eigenvalue weighted by molar-refractivity contribution is 5.90. The SMILES string of the molecule is CN1CCC(Oc2ccc(NC(=O)Cn3ncc4ccccc4c3=O)cc2)CC1. The molecule has 4 rings (SSSR count). The van der Waals surface area contributed by atoms with Crippen LogP contribution in [0.1, 0.15) is 12.8 Å². The van der Waals surface area contributed by atoms with Crippen molar-refractivity contribution >= 4 is 22.4 Å². The number of rotatable bonds is 5. The molecule has 1 amide bonds. The van der Waals surface area contributed by atoms with E-state index in [1.165, 1.54) is 4.68 Å². The molecule has 7 heteroatoms. The molecule has 3 aromatic rings. The van der Waals surface area contributed by atoms with Crippen LogP contribution < -0.4 is 15.6 Å². The average Bonchev–Trinajstić information content (AvgIpc) is 2.73. The van der Waals surface area contributed by atoms with Crippen LogP contribution in [0.25, 0.3) is 10.8 Å². The predicted molar refractivity (Wildman–Crippen MR) is 112 cm³/mol. The largest absolute Gasteiger partial charge is 0.490 e. The molecule has 150 valence electrons. The first kappa shape index (κ1) is 19.1. The molecule has 1 fully saturated rings. The second-order valence-corrected chi connectivity index (χ2v) is 7.39. The van der Waals surface area contributed by atoms with Gasteiger partial charge in [-0.05, 0) is 50.2 Å². The van der Waals surface area contributed by atoms with Crippen molar-refractivity contribution < 1.29 is 9.53 Å². The number of carbonyl (C=O) groups excluding carboxylic acids is 1. The van der Waals surface area contributed by atoms with Gasteiger partial charge in [-0.3, -0.25) is 9.59 Å². The summed E-state index contributed by atoms with van der Waals surface area (Å²) in [5.74, 6) is 0.490. The lowest BCUT2D eigenvalue weighted by molar-refractivity contribution is -0.117. The summed E-state index contributed by atoms with van der Waals surface area (Å²) in [7, 11) is 2.12. The summed E-state index contributed by atoms with van der Waals surface area (Å²) in [6, 6.07) is 14.5. The van der Waals surface area contributed by atoms with Crippen molar-refractivity contribution in [3.63, 3.8) is 0 Å². The second kappa shape index (κ2) is 8.45. The molecule has 1 aliphatic rings. The zero-order valence-electron chi connectivity index (χ0n) is 16.4. The van der Waals surface area contributed by atoms with E-state index in [1.54, 1.807) is 30.5 Å². The van der Waals surface area contributed by atoms with E-state index in [2.05, 4.69) is 22.4 Å². The fourth-order valence-corrected chi connectivity index (χ4v) is 3.49. The zero-order valence-corrected chi connectivity index (χ0v) is 16.4. The van der Waals surface area contributed by atoms with E-state index in [4.69, 9.17) is 4.74 Å². The third-order valence-corrected chi connectivity index (χ3v) is 5.16. The smallest absolute Gasteiger partial charge is 0.275 e. The number of carbonyl (C=O) groups is 1. The number of ether oxygens (including phenoxy) is 1. The van der Waals surface area contributed by atoms with Gasteiger partial charge in [0.15, 0.2) is 0 Å². The van der Waals surface area contributed by atoms with Crippen molar-refractivity contribution in [1.29, 1.82) is 0 Å². The number of aromatic nitrogens is 2. The summed E-state index contributed by atoms with van der Waals surface area (Å²) >= 11 is 0. The number of hydrogen-bond donors (Lipinski definition) is 1. The highest BCUT2D eigenvalue weighted by atomic mass is 16.5. The number of fused-ring (bicyclic) bond motifs is 1. The van der Waals surface area contributed by atoms with Gasteiger partial charge in [0.2, 0.25) is 5.91 Å². The molecule has 7 nitrogen and oxygen atoms in total. The first-order valence-electron chi connectivity index (χ1n) is 9.78. The van der Waals surface area contributed by atoms with Gasteiger partial charge in [-0.25, -0.2) is 4.68 Å². The van der Waals surface area contributed by atoms with Crippen LogP contribution in [0.5, 0.6) is 5.75 Å². The van der Waals surface area contributed by atoms with E-state index in [-0.39, 0.29) is 24.1 Å². The molecule has 0 unspecified atom stereocenters. The van der Waals surface area contributed by atoms with Crippen molar-refractivity contribution in [2.45, 2.75) is 25.5 Å². The minimum absolute atomic E-state index is 0.141. The van der Waals surface area contributed by atoms with Crippen LogP contribution in [0, 0.1) is 0 Å². The van der Waals surface area contributed by atoms with E-state index in [9.17, 15) is 9.59 Å². The lowest BCUT2D eigenvalue weighted by Gasteiger charge is -2.29. The zero-order chi connectivity index (χ0) is 20.2. The van der Waals surface area contributed by atoms with E-state index >= 15 is 0 Å². The monoisotopic (exact) mass is 392 g/mol. The van der Waals surface area contributed by atoms with Crippen molar-refractivity contribution in [3.05, 3.63) is 65.1 Å². The van der Waals surface area contributed by atoms with Crippen molar-refractivity contribution in [2.75, 3.05) is 25.5 Å². The Balaban J connectivity index is 1.36. The van der Waals surface area contributed by atoms with Gasteiger partial charge in [-0.1, -0.05) is 18.2 Å². The number of piperidine rings is 1. The quantitative estimate of drug-likeness (QED) is 0.722. The van der Waals surface area contributed by atoms with Gasteiger partial charge in [0.25, 0.3) is 5.56 Å². The Bertz CT molecular complexity index is 1050. The minimum atomic E-state index is -0.307. The van der Waals surface area contributed by atoms with E-state index in [1.807, 2.05) is 24.3 Å². The van der Waals surface area contributed by atoms with Crippen LogP contribution in [-0.4, -0.2) is 46.8 Å². The molecule has 0 bridgehead atoms.